The van der Waals surface area contributed by atoms with Crippen LogP contribution in [0.1, 0.15) is 31.0 Å². The van der Waals surface area contributed by atoms with Crippen molar-refractivity contribution in [3.05, 3.63) is 76.0 Å². The Morgan fingerprint density at radius 2 is 2.10 bits per heavy atom. The summed E-state index contributed by atoms with van der Waals surface area (Å²) in [6.07, 6.45) is 0. The summed E-state index contributed by atoms with van der Waals surface area (Å²) < 4.78 is 7.68. The Balaban J connectivity index is 1.69. The topological polar surface area (TPSA) is 95.1 Å². The molecule has 1 unspecified atom stereocenters. The van der Waals surface area contributed by atoms with Gasteiger partial charge in [-0.25, -0.2) is 4.68 Å². The van der Waals surface area contributed by atoms with Crippen molar-refractivity contribution in [2.45, 2.75) is 31.7 Å². The van der Waals surface area contributed by atoms with Gasteiger partial charge in [-0.15, -0.1) is 5.10 Å². The van der Waals surface area contributed by atoms with E-state index in [0.717, 1.165) is 16.9 Å². The molecular formula is C22H22ClN5O2S. The van der Waals surface area contributed by atoms with Crippen LogP contribution >= 0.6 is 23.4 Å². The summed E-state index contributed by atoms with van der Waals surface area (Å²) in [7, 11) is 0. The fourth-order valence-corrected chi connectivity index (χ4v) is 4.25. The van der Waals surface area contributed by atoms with Crippen LogP contribution in [-0.2, 0) is 11.4 Å². The average molecular weight is 456 g/mol. The quantitative estimate of drug-likeness (QED) is 0.513. The van der Waals surface area contributed by atoms with Crippen molar-refractivity contribution in [3.63, 3.8) is 0 Å². The van der Waals surface area contributed by atoms with Gasteiger partial charge in [0.1, 0.15) is 18.4 Å². The second kappa shape index (κ2) is 9.03. The van der Waals surface area contributed by atoms with Gasteiger partial charge in [0, 0.05) is 16.3 Å². The maximum absolute atomic E-state index is 12.3. The van der Waals surface area contributed by atoms with Crippen LogP contribution in [0.5, 0.6) is 5.75 Å². The molecule has 2 heterocycles. The van der Waals surface area contributed by atoms with E-state index in [4.69, 9.17) is 22.1 Å². The van der Waals surface area contributed by atoms with Crippen LogP contribution in [0.2, 0.25) is 5.02 Å². The van der Waals surface area contributed by atoms with Gasteiger partial charge in [0.25, 0.3) is 0 Å². The molecule has 31 heavy (non-hydrogen) atoms. The molecule has 1 atom stereocenters. The van der Waals surface area contributed by atoms with Gasteiger partial charge < -0.3 is 15.8 Å². The van der Waals surface area contributed by atoms with E-state index in [9.17, 15) is 4.79 Å². The Hall–Kier alpha value is -2.97. The molecule has 0 saturated carbocycles. The van der Waals surface area contributed by atoms with Crippen molar-refractivity contribution in [1.82, 2.24) is 14.8 Å². The van der Waals surface area contributed by atoms with E-state index >= 15 is 0 Å². The predicted molar refractivity (Wildman–Crippen MR) is 122 cm³/mol. The van der Waals surface area contributed by atoms with Crippen molar-refractivity contribution >= 4 is 35.2 Å². The minimum atomic E-state index is -0.511. The van der Waals surface area contributed by atoms with Crippen LogP contribution < -0.4 is 15.8 Å². The Morgan fingerprint density at radius 1 is 1.29 bits per heavy atom. The number of rotatable bonds is 7. The zero-order valence-corrected chi connectivity index (χ0v) is 18.7. The zero-order valence-electron chi connectivity index (χ0n) is 17.1. The van der Waals surface area contributed by atoms with Crippen molar-refractivity contribution in [3.8, 4) is 5.75 Å². The van der Waals surface area contributed by atoms with Crippen molar-refractivity contribution in [2.75, 3.05) is 11.1 Å². The molecule has 3 aromatic rings. The lowest BCUT2D eigenvalue weighted by Gasteiger charge is -2.27. The number of carbonyl (C=O) groups is 1. The number of anilines is 1. The number of hydrogen-bond acceptors (Lipinski definition) is 6. The highest BCUT2D eigenvalue weighted by atomic mass is 35.5. The van der Waals surface area contributed by atoms with E-state index in [0.29, 0.717) is 39.8 Å². The molecule has 1 aliphatic rings. The van der Waals surface area contributed by atoms with Crippen LogP contribution in [0.4, 0.5) is 5.95 Å². The highest BCUT2D eigenvalue weighted by Crippen LogP contribution is 2.37. The molecule has 0 bridgehead atoms. The molecule has 0 fully saturated rings. The number of primary amides is 1. The standard InChI is InChI=1S/C22H22ClN5O2S/c1-3-31-22-26-21-25-13(2)18(20(24)29)19(28(21)27-22)14-8-6-9-16(11-14)30-12-15-7-4-5-10-17(15)23/h4-11,19H,3,12H2,1-2H3,(H2,24,29)(H,25,26,27). The molecule has 3 N–H and O–H groups in total. The summed E-state index contributed by atoms with van der Waals surface area (Å²) in [5.74, 6) is 1.56. The minimum Gasteiger partial charge on any atom is -0.489 e. The van der Waals surface area contributed by atoms with E-state index in [1.165, 1.54) is 11.8 Å². The molecular weight excluding hydrogens is 434 g/mol. The Bertz CT molecular complexity index is 1160. The van der Waals surface area contributed by atoms with E-state index in [2.05, 4.69) is 15.4 Å². The molecule has 0 aliphatic carbocycles. The molecule has 0 radical (unpaired) electrons. The number of carbonyl (C=O) groups excluding carboxylic acids is 1. The number of benzene rings is 2. The maximum Gasteiger partial charge on any atom is 0.248 e. The fraction of sp³-hybridized carbons (Fsp3) is 0.227. The van der Waals surface area contributed by atoms with Gasteiger partial charge in [0.15, 0.2) is 0 Å². The summed E-state index contributed by atoms with van der Waals surface area (Å²) in [6, 6.07) is 14.6. The molecule has 7 nitrogen and oxygen atoms in total. The summed E-state index contributed by atoms with van der Waals surface area (Å²) in [4.78, 5) is 16.9. The van der Waals surface area contributed by atoms with Crippen LogP contribution in [-0.4, -0.2) is 26.4 Å². The number of thioether (sulfide) groups is 1. The lowest BCUT2D eigenvalue weighted by Crippen LogP contribution is -2.31. The smallest absolute Gasteiger partial charge is 0.248 e. The van der Waals surface area contributed by atoms with Crippen LogP contribution in [0.15, 0.2) is 65.0 Å². The van der Waals surface area contributed by atoms with Gasteiger partial charge >= 0.3 is 0 Å². The first-order valence-corrected chi connectivity index (χ1v) is 11.2. The average Bonchev–Trinajstić information content (AvgIpc) is 3.14. The first-order valence-electron chi connectivity index (χ1n) is 9.81. The van der Waals surface area contributed by atoms with E-state index < -0.39 is 11.9 Å². The monoisotopic (exact) mass is 455 g/mol. The number of nitrogens with one attached hydrogen (secondary N) is 1. The first kappa shape index (κ1) is 21.3. The van der Waals surface area contributed by atoms with Crippen molar-refractivity contribution < 1.29 is 9.53 Å². The number of amides is 1. The van der Waals surface area contributed by atoms with Crippen LogP contribution in [0.25, 0.3) is 0 Å². The van der Waals surface area contributed by atoms with Crippen molar-refractivity contribution in [1.29, 1.82) is 0 Å². The van der Waals surface area contributed by atoms with Gasteiger partial charge in [-0.1, -0.05) is 60.6 Å². The molecule has 2 aromatic carbocycles. The number of fused-ring (bicyclic) bond motifs is 1. The Morgan fingerprint density at radius 3 is 2.84 bits per heavy atom. The summed E-state index contributed by atoms with van der Waals surface area (Å²) in [5.41, 5.74) is 8.56. The highest BCUT2D eigenvalue weighted by molar-refractivity contribution is 7.99. The van der Waals surface area contributed by atoms with Gasteiger partial charge in [0.2, 0.25) is 17.0 Å². The van der Waals surface area contributed by atoms with Crippen LogP contribution in [0.3, 0.4) is 0 Å². The molecule has 1 aromatic heterocycles. The van der Waals surface area contributed by atoms with Crippen molar-refractivity contribution in [2.24, 2.45) is 5.73 Å². The second-order valence-electron chi connectivity index (χ2n) is 6.98. The van der Waals surface area contributed by atoms with Gasteiger partial charge in [-0.3, -0.25) is 4.79 Å². The fourth-order valence-electron chi connectivity index (χ4n) is 3.50. The molecule has 9 heteroatoms. The lowest BCUT2D eigenvalue weighted by atomic mass is 9.95. The number of nitrogens with two attached hydrogens (primary N) is 1. The third kappa shape index (κ3) is 4.40. The molecule has 0 saturated heterocycles. The summed E-state index contributed by atoms with van der Waals surface area (Å²) in [6.45, 7) is 4.18. The highest BCUT2D eigenvalue weighted by Gasteiger charge is 2.33. The maximum atomic E-state index is 12.3. The number of nitrogens with zero attached hydrogens (tertiary/aromatic N) is 3. The molecule has 1 aliphatic heterocycles. The summed E-state index contributed by atoms with van der Waals surface area (Å²) >= 11 is 7.76. The normalized spacial score (nSPS) is 15.4. The number of hydrogen-bond donors (Lipinski definition) is 2. The molecule has 1 amide bonds. The number of aromatic nitrogens is 3. The molecule has 160 valence electrons. The Labute approximate surface area is 189 Å². The largest absolute Gasteiger partial charge is 0.489 e. The predicted octanol–water partition coefficient (Wildman–Crippen LogP) is 4.40. The molecule has 0 spiro atoms. The van der Waals surface area contributed by atoms with E-state index in [1.807, 2.05) is 62.4 Å². The SMILES string of the molecule is CCSc1nc2n(n1)C(c1cccc(OCc3ccccc3Cl)c1)C(C(N)=O)=C(C)N2. The first-order chi connectivity index (χ1) is 15.0. The number of allylic oxidation sites excluding steroid dienone is 1. The van der Waals surface area contributed by atoms with E-state index in [-0.39, 0.29) is 0 Å². The Kier molecular flexibility index (Phi) is 6.20. The van der Waals surface area contributed by atoms with Gasteiger partial charge in [0.05, 0.1) is 5.57 Å². The summed E-state index contributed by atoms with van der Waals surface area (Å²) in [5, 5.41) is 9.04. The van der Waals surface area contributed by atoms with Gasteiger partial charge in [-0.05, 0) is 36.4 Å². The van der Waals surface area contributed by atoms with Gasteiger partial charge in [-0.2, -0.15) is 4.98 Å². The zero-order chi connectivity index (χ0) is 22.0. The third-order valence-corrected chi connectivity index (χ3v) is 5.99. The van der Waals surface area contributed by atoms with Crippen LogP contribution in [0, 0.1) is 0 Å². The number of halogens is 1. The second-order valence-corrected chi connectivity index (χ2v) is 8.62. The third-order valence-electron chi connectivity index (χ3n) is 4.90. The number of ether oxygens (including phenoxy) is 1. The lowest BCUT2D eigenvalue weighted by molar-refractivity contribution is -0.115. The minimum absolute atomic E-state index is 0.332. The molecule has 4 rings (SSSR count). The van der Waals surface area contributed by atoms with E-state index in [1.54, 1.807) is 4.68 Å².